The molecule has 0 unspecified atom stereocenters. The lowest BCUT2D eigenvalue weighted by Gasteiger charge is -2.12. The molecule has 0 fully saturated rings. The van der Waals surface area contributed by atoms with E-state index in [0.29, 0.717) is 11.5 Å². The molecule has 0 aliphatic rings. The molecule has 2 nitrogen and oxygen atoms in total. The second kappa shape index (κ2) is 4.97. The lowest BCUT2D eigenvalue weighted by atomic mass is 9.93. The van der Waals surface area contributed by atoms with Crippen LogP contribution < -0.4 is 0 Å². The van der Waals surface area contributed by atoms with Crippen molar-refractivity contribution in [1.82, 2.24) is 0 Å². The van der Waals surface area contributed by atoms with Gasteiger partial charge in [-0.25, -0.2) is 0 Å². The second-order valence-electron chi connectivity index (χ2n) is 4.40. The van der Waals surface area contributed by atoms with Crippen LogP contribution in [0, 0.1) is 6.92 Å². The zero-order chi connectivity index (χ0) is 12.3. The molecule has 0 heterocycles. The van der Waals surface area contributed by atoms with E-state index in [2.05, 4.69) is 26.5 Å². The lowest BCUT2D eigenvalue weighted by molar-refractivity contribution is -0.135. The lowest BCUT2D eigenvalue weighted by Crippen LogP contribution is -1.99. The molecule has 86 valence electrons. The van der Waals surface area contributed by atoms with E-state index in [0.717, 1.165) is 11.1 Å². The van der Waals surface area contributed by atoms with Gasteiger partial charge in [0.2, 0.25) is 0 Å². The molecule has 16 heavy (non-hydrogen) atoms. The fraction of sp³-hybridized carbons (Fsp3) is 0.357. The van der Waals surface area contributed by atoms with Crippen LogP contribution in [0.3, 0.4) is 0 Å². The quantitative estimate of drug-likeness (QED) is 0.838. The molecule has 0 aliphatic heterocycles. The SMILES string of the molecule is C=C(CC(=O)O)c1cc(C(C)C)ccc1C. The molecule has 2 heteroatoms. The van der Waals surface area contributed by atoms with E-state index in [-0.39, 0.29) is 6.42 Å². The van der Waals surface area contributed by atoms with Crippen LogP contribution in [-0.2, 0) is 4.79 Å². The van der Waals surface area contributed by atoms with E-state index in [1.165, 1.54) is 5.56 Å². The van der Waals surface area contributed by atoms with Crippen LogP contribution in [0.2, 0.25) is 0 Å². The van der Waals surface area contributed by atoms with Crippen molar-refractivity contribution in [2.24, 2.45) is 0 Å². The highest BCUT2D eigenvalue weighted by molar-refractivity contribution is 5.83. The Morgan fingerprint density at radius 1 is 1.44 bits per heavy atom. The summed E-state index contributed by atoms with van der Waals surface area (Å²) in [5.74, 6) is -0.392. The molecule has 0 atom stereocenters. The summed E-state index contributed by atoms with van der Waals surface area (Å²) >= 11 is 0. The molecule has 1 aromatic rings. The van der Waals surface area contributed by atoms with Gasteiger partial charge < -0.3 is 5.11 Å². The maximum absolute atomic E-state index is 10.7. The number of carboxylic acids is 1. The average Bonchev–Trinajstić information content (AvgIpc) is 2.16. The van der Waals surface area contributed by atoms with Gasteiger partial charge in [-0.15, -0.1) is 0 Å². The molecule has 0 radical (unpaired) electrons. The van der Waals surface area contributed by atoms with Crippen LogP contribution >= 0.6 is 0 Å². The predicted molar refractivity (Wildman–Crippen MR) is 66.6 cm³/mol. The first-order valence-electron chi connectivity index (χ1n) is 5.42. The number of carbonyl (C=O) groups is 1. The first-order chi connectivity index (χ1) is 7.41. The summed E-state index contributed by atoms with van der Waals surface area (Å²) in [5.41, 5.74) is 3.93. The van der Waals surface area contributed by atoms with Crippen molar-refractivity contribution in [1.29, 1.82) is 0 Å². The van der Waals surface area contributed by atoms with Crippen molar-refractivity contribution in [3.8, 4) is 0 Å². The topological polar surface area (TPSA) is 37.3 Å². The van der Waals surface area contributed by atoms with E-state index in [9.17, 15) is 4.79 Å². The number of rotatable bonds is 4. The van der Waals surface area contributed by atoms with Crippen LogP contribution in [0.25, 0.3) is 5.57 Å². The average molecular weight is 218 g/mol. The molecule has 0 saturated carbocycles. The molecule has 0 bridgehead atoms. The predicted octanol–water partition coefficient (Wildman–Crippen LogP) is 3.61. The molecule has 0 aliphatic carbocycles. The van der Waals surface area contributed by atoms with Crippen LogP contribution in [0.1, 0.15) is 42.9 Å². The van der Waals surface area contributed by atoms with Gasteiger partial charge in [-0.2, -0.15) is 0 Å². The Balaban J connectivity index is 3.07. The van der Waals surface area contributed by atoms with Crippen molar-refractivity contribution in [3.63, 3.8) is 0 Å². The fourth-order valence-corrected chi connectivity index (χ4v) is 1.66. The smallest absolute Gasteiger partial charge is 0.307 e. The maximum Gasteiger partial charge on any atom is 0.307 e. The molecule has 0 aromatic heterocycles. The van der Waals surface area contributed by atoms with Gasteiger partial charge in [-0.05, 0) is 35.1 Å². The summed E-state index contributed by atoms with van der Waals surface area (Å²) in [6.45, 7) is 10.1. The van der Waals surface area contributed by atoms with E-state index >= 15 is 0 Å². The van der Waals surface area contributed by atoms with Gasteiger partial charge in [-0.1, -0.05) is 38.6 Å². The first kappa shape index (κ1) is 12.5. The van der Waals surface area contributed by atoms with Crippen LogP contribution in [0.4, 0.5) is 0 Å². The molecule has 0 amide bonds. The Hall–Kier alpha value is -1.57. The highest BCUT2D eigenvalue weighted by Gasteiger charge is 2.09. The normalized spacial score (nSPS) is 10.5. The number of aryl methyl sites for hydroxylation is 1. The standard InChI is InChI=1S/C14H18O2/c1-9(2)12-6-5-10(3)13(8-12)11(4)7-14(15)16/h5-6,8-9H,4,7H2,1-3H3,(H,15,16). The minimum absolute atomic E-state index is 0.00237. The van der Waals surface area contributed by atoms with Gasteiger partial charge in [0, 0.05) is 0 Å². The van der Waals surface area contributed by atoms with Crippen molar-refractivity contribution in [3.05, 3.63) is 41.5 Å². The summed E-state index contributed by atoms with van der Waals surface area (Å²) in [6.07, 6.45) is 0.00237. The van der Waals surface area contributed by atoms with Crippen LogP contribution in [-0.4, -0.2) is 11.1 Å². The molecular weight excluding hydrogens is 200 g/mol. The monoisotopic (exact) mass is 218 g/mol. The van der Waals surface area contributed by atoms with Crippen LogP contribution in [0.5, 0.6) is 0 Å². The van der Waals surface area contributed by atoms with Crippen molar-refractivity contribution in [2.45, 2.75) is 33.1 Å². The Morgan fingerprint density at radius 2 is 2.06 bits per heavy atom. The first-order valence-corrected chi connectivity index (χ1v) is 5.42. The van der Waals surface area contributed by atoms with Gasteiger partial charge in [0.05, 0.1) is 6.42 Å². The zero-order valence-electron chi connectivity index (χ0n) is 10.1. The number of benzene rings is 1. The van der Waals surface area contributed by atoms with Gasteiger partial charge in [0.15, 0.2) is 0 Å². The van der Waals surface area contributed by atoms with E-state index in [1.54, 1.807) is 0 Å². The summed E-state index contributed by atoms with van der Waals surface area (Å²) in [6, 6.07) is 6.15. The third-order valence-electron chi connectivity index (χ3n) is 2.67. The van der Waals surface area contributed by atoms with Gasteiger partial charge in [0.1, 0.15) is 0 Å². The molecule has 1 N–H and O–H groups in total. The fourth-order valence-electron chi connectivity index (χ4n) is 1.66. The molecular formula is C14H18O2. The summed E-state index contributed by atoms with van der Waals surface area (Å²) in [4.78, 5) is 10.7. The van der Waals surface area contributed by atoms with Gasteiger partial charge in [-0.3, -0.25) is 4.79 Å². The number of carboxylic acid groups (broad SMARTS) is 1. The Kier molecular flexibility index (Phi) is 3.88. The van der Waals surface area contributed by atoms with Gasteiger partial charge in [0.25, 0.3) is 0 Å². The minimum atomic E-state index is -0.834. The number of hydrogen-bond acceptors (Lipinski definition) is 1. The number of aliphatic carboxylic acids is 1. The largest absolute Gasteiger partial charge is 0.481 e. The summed E-state index contributed by atoms with van der Waals surface area (Å²) < 4.78 is 0. The maximum atomic E-state index is 10.7. The molecule has 1 aromatic carbocycles. The third-order valence-corrected chi connectivity index (χ3v) is 2.67. The Labute approximate surface area is 96.6 Å². The van der Waals surface area contributed by atoms with Crippen LogP contribution in [0.15, 0.2) is 24.8 Å². The second-order valence-corrected chi connectivity index (χ2v) is 4.40. The molecule has 0 saturated heterocycles. The Morgan fingerprint density at radius 3 is 2.56 bits per heavy atom. The van der Waals surface area contributed by atoms with E-state index in [4.69, 9.17) is 5.11 Å². The van der Waals surface area contributed by atoms with Crippen molar-refractivity contribution in [2.75, 3.05) is 0 Å². The summed E-state index contributed by atoms with van der Waals surface area (Å²) in [7, 11) is 0. The van der Waals surface area contributed by atoms with E-state index in [1.807, 2.05) is 19.1 Å². The Bertz CT molecular complexity index is 417. The van der Waals surface area contributed by atoms with Gasteiger partial charge >= 0.3 is 5.97 Å². The summed E-state index contributed by atoms with van der Waals surface area (Å²) in [5, 5.41) is 8.75. The van der Waals surface area contributed by atoms with Crippen molar-refractivity contribution >= 4 is 11.5 Å². The minimum Gasteiger partial charge on any atom is -0.481 e. The highest BCUT2D eigenvalue weighted by Crippen LogP contribution is 2.25. The third kappa shape index (κ3) is 2.96. The highest BCUT2D eigenvalue weighted by atomic mass is 16.4. The zero-order valence-corrected chi connectivity index (χ0v) is 10.1. The van der Waals surface area contributed by atoms with E-state index < -0.39 is 5.97 Å². The van der Waals surface area contributed by atoms with Crippen molar-refractivity contribution < 1.29 is 9.90 Å². The molecule has 0 spiro atoms. The molecule has 1 rings (SSSR count). The number of hydrogen-bond donors (Lipinski definition) is 1.